The van der Waals surface area contributed by atoms with Crippen LogP contribution in [0.2, 0.25) is 0 Å². The van der Waals surface area contributed by atoms with Gasteiger partial charge in [-0.05, 0) is 35.9 Å². The molecule has 0 aliphatic carbocycles. The summed E-state index contributed by atoms with van der Waals surface area (Å²) < 4.78 is 44.7. The molecule has 0 N–H and O–H groups in total. The summed E-state index contributed by atoms with van der Waals surface area (Å²) in [5.74, 6) is 1.81. The molecule has 0 fully saturated rings. The summed E-state index contributed by atoms with van der Waals surface area (Å²) in [5, 5.41) is 4.05. The van der Waals surface area contributed by atoms with E-state index in [1.165, 1.54) is 4.31 Å². The summed E-state index contributed by atoms with van der Waals surface area (Å²) in [5.41, 5.74) is 1.54. The fourth-order valence-electron chi connectivity index (χ4n) is 3.52. The minimum absolute atomic E-state index is 0.0658. The van der Waals surface area contributed by atoms with E-state index in [4.69, 9.17) is 14.0 Å². The van der Waals surface area contributed by atoms with Gasteiger partial charge in [0.1, 0.15) is 13.2 Å². The number of rotatable bonds is 7. The summed E-state index contributed by atoms with van der Waals surface area (Å²) in [7, 11) is -3.80. The summed E-state index contributed by atoms with van der Waals surface area (Å²) in [6, 6.07) is 23.1. The zero-order chi connectivity index (χ0) is 22.7. The Balaban J connectivity index is 1.43. The third-order valence-corrected chi connectivity index (χ3v) is 6.97. The van der Waals surface area contributed by atoms with E-state index < -0.39 is 10.0 Å². The van der Waals surface area contributed by atoms with Crippen LogP contribution in [0.3, 0.4) is 0 Å². The summed E-state index contributed by atoms with van der Waals surface area (Å²) in [6.45, 7) is 1.08. The monoisotopic (exact) mass is 463 g/mol. The van der Waals surface area contributed by atoms with Gasteiger partial charge in [-0.3, -0.25) is 0 Å². The third kappa shape index (κ3) is 4.59. The highest BCUT2D eigenvalue weighted by Gasteiger charge is 2.27. The fourth-order valence-corrected chi connectivity index (χ4v) is 4.92. The average Bonchev–Trinajstić information content (AvgIpc) is 3.33. The first-order chi connectivity index (χ1) is 16.1. The smallest absolute Gasteiger partial charge is 0.243 e. The van der Waals surface area contributed by atoms with Crippen LogP contribution < -0.4 is 9.47 Å². The van der Waals surface area contributed by atoms with Crippen molar-refractivity contribution in [2.75, 3.05) is 13.2 Å². The topological polar surface area (TPSA) is 94.8 Å². The number of ether oxygens (including phenoxy) is 2. The van der Waals surface area contributed by atoms with Gasteiger partial charge in [0.25, 0.3) is 0 Å². The normalized spacial score (nSPS) is 13.2. The van der Waals surface area contributed by atoms with E-state index in [9.17, 15) is 8.42 Å². The summed E-state index contributed by atoms with van der Waals surface area (Å²) in [6.07, 6.45) is 0. The molecule has 0 radical (unpaired) electrons. The molecule has 4 aromatic rings. The number of hydrogen-bond acceptors (Lipinski definition) is 7. The highest BCUT2D eigenvalue weighted by molar-refractivity contribution is 7.89. The maximum absolute atomic E-state index is 13.4. The van der Waals surface area contributed by atoms with E-state index in [0.717, 1.165) is 5.56 Å². The second-order valence-electron chi connectivity index (χ2n) is 7.44. The molecule has 1 aromatic heterocycles. The molecule has 0 atom stereocenters. The highest BCUT2D eigenvalue weighted by atomic mass is 32.2. The lowest BCUT2D eigenvalue weighted by atomic mass is 10.2. The molecule has 3 aromatic carbocycles. The van der Waals surface area contributed by atoms with Crippen LogP contribution in [0.25, 0.3) is 11.4 Å². The lowest BCUT2D eigenvalue weighted by molar-refractivity contribution is 0.171. The molecule has 1 aliphatic heterocycles. The fraction of sp³-hybridized carbons (Fsp3) is 0.167. The molecule has 1 aliphatic rings. The molecule has 33 heavy (non-hydrogen) atoms. The van der Waals surface area contributed by atoms with Crippen molar-refractivity contribution in [3.05, 3.63) is 90.3 Å². The first-order valence-corrected chi connectivity index (χ1v) is 11.9. The van der Waals surface area contributed by atoms with Gasteiger partial charge in [0.15, 0.2) is 11.5 Å². The summed E-state index contributed by atoms with van der Waals surface area (Å²) >= 11 is 0. The predicted octanol–water partition coefficient (Wildman–Crippen LogP) is 3.90. The van der Waals surface area contributed by atoms with E-state index in [-0.39, 0.29) is 23.9 Å². The van der Waals surface area contributed by atoms with Gasteiger partial charge >= 0.3 is 0 Å². The first kappa shape index (κ1) is 21.2. The molecule has 168 valence electrons. The number of aromatic nitrogens is 2. The maximum atomic E-state index is 13.4. The van der Waals surface area contributed by atoms with Crippen molar-refractivity contribution in [2.45, 2.75) is 18.0 Å². The highest BCUT2D eigenvalue weighted by Crippen LogP contribution is 2.33. The van der Waals surface area contributed by atoms with Crippen LogP contribution in [0, 0.1) is 0 Å². The molecular weight excluding hydrogens is 442 g/mol. The molecular formula is C24H21N3O5S. The number of nitrogens with zero attached hydrogens (tertiary/aromatic N) is 3. The SMILES string of the molecule is O=S(=O)(c1ccccc1)N(Cc1ccccc1)Cc1nc(-c2ccc3c(c2)OCCO3)no1. The maximum Gasteiger partial charge on any atom is 0.243 e. The quantitative estimate of drug-likeness (QED) is 0.410. The molecule has 2 heterocycles. The van der Waals surface area contributed by atoms with Gasteiger partial charge in [-0.1, -0.05) is 53.7 Å². The van der Waals surface area contributed by atoms with Gasteiger partial charge in [-0.2, -0.15) is 9.29 Å². The van der Waals surface area contributed by atoms with Crippen LogP contribution >= 0.6 is 0 Å². The largest absolute Gasteiger partial charge is 0.486 e. The van der Waals surface area contributed by atoms with Crippen LogP contribution in [0.5, 0.6) is 11.5 Å². The van der Waals surface area contributed by atoms with E-state index in [2.05, 4.69) is 10.1 Å². The molecule has 0 amide bonds. The van der Waals surface area contributed by atoms with E-state index >= 15 is 0 Å². The van der Waals surface area contributed by atoms with Gasteiger partial charge in [0, 0.05) is 12.1 Å². The molecule has 0 unspecified atom stereocenters. The Morgan fingerprint density at radius 1 is 0.818 bits per heavy atom. The third-order valence-electron chi connectivity index (χ3n) is 5.16. The van der Waals surface area contributed by atoms with Gasteiger partial charge in [-0.25, -0.2) is 8.42 Å². The molecule has 5 rings (SSSR count). The van der Waals surface area contributed by atoms with Crippen molar-refractivity contribution >= 4 is 10.0 Å². The predicted molar refractivity (Wildman–Crippen MR) is 120 cm³/mol. The van der Waals surface area contributed by atoms with Crippen LogP contribution in [0.15, 0.2) is 88.3 Å². The number of fused-ring (bicyclic) bond motifs is 1. The second-order valence-corrected chi connectivity index (χ2v) is 9.38. The van der Waals surface area contributed by atoms with Gasteiger partial charge in [0.05, 0.1) is 11.4 Å². The van der Waals surface area contributed by atoms with E-state index in [1.54, 1.807) is 42.5 Å². The average molecular weight is 464 g/mol. The van der Waals surface area contributed by atoms with Crippen molar-refractivity contribution in [3.63, 3.8) is 0 Å². The number of benzene rings is 3. The minimum Gasteiger partial charge on any atom is -0.486 e. The molecule has 9 heteroatoms. The Labute approximate surface area is 191 Å². The van der Waals surface area contributed by atoms with Crippen LogP contribution in [0.1, 0.15) is 11.5 Å². The van der Waals surface area contributed by atoms with Gasteiger partial charge < -0.3 is 14.0 Å². The molecule has 0 saturated heterocycles. The van der Waals surface area contributed by atoms with Crippen LogP contribution in [-0.4, -0.2) is 36.1 Å². The van der Waals surface area contributed by atoms with E-state index in [0.29, 0.717) is 36.1 Å². The van der Waals surface area contributed by atoms with Crippen LogP contribution in [-0.2, 0) is 23.1 Å². The van der Waals surface area contributed by atoms with Gasteiger partial charge in [0.2, 0.25) is 21.7 Å². The van der Waals surface area contributed by atoms with Crippen LogP contribution in [0.4, 0.5) is 0 Å². The Morgan fingerprint density at radius 3 is 2.27 bits per heavy atom. The van der Waals surface area contributed by atoms with Crippen molar-refractivity contribution in [3.8, 4) is 22.9 Å². The lowest BCUT2D eigenvalue weighted by Gasteiger charge is -2.20. The molecule has 8 nitrogen and oxygen atoms in total. The first-order valence-electron chi connectivity index (χ1n) is 10.4. The minimum atomic E-state index is -3.80. The number of sulfonamides is 1. The summed E-state index contributed by atoms with van der Waals surface area (Å²) in [4.78, 5) is 4.64. The molecule has 0 spiro atoms. The van der Waals surface area contributed by atoms with Gasteiger partial charge in [-0.15, -0.1) is 0 Å². The van der Waals surface area contributed by atoms with E-state index in [1.807, 2.05) is 36.4 Å². The number of hydrogen-bond donors (Lipinski definition) is 0. The van der Waals surface area contributed by atoms with Crippen molar-refractivity contribution < 1.29 is 22.4 Å². The Bertz CT molecular complexity index is 1340. The molecule has 0 saturated carbocycles. The molecule has 0 bridgehead atoms. The lowest BCUT2D eigenvalue weighted by Crippen LogP contribution is -2.30. The van der Waals surface area contributed by atoms with Crippen molar-refractivity contribution in [2.24, 2.45) is 0 Å². The van der Waals surface area contributed by atoms with Crippen molar-refractivity contribution in [1.82, 2.24) is 14.4 Å². The second kappa shape index (κ2) is 9.05. The Morgan fingerprint density at radius 2 is 1.52 bits per heavy atom. The zero-order valence-electron chi connectivity index (χ0n) is 17.6. The Hall–Kier alpha value is -3.69. The standard InChI is InChI=1S/C24H21N3O5S/c28-33(29,20-9-5-2-6-10-20)27(16-18-7-3-1-4-8-18)17-23-25-24(26-32-23)19-11-12-21-22(15-19)31-14-13-30-21/h1-12,15H,13-14,16-17H2. The Kier molecular flexibility index (Phi) is 5.80. The van der Waals surface area contributed by atoms with Crippen molar-refractivity contribution in [1.29, 1.82) is 0 Å². The zero-order valence-corrected chi connectivity index (χ0v) is 18.4.